The normalized spacial score (nSPS) is 13.0. The molecule has 1 rings (SSSR count). The maximum Gasteiger partial charge on any atom is 0.0781 e. The van der Waals surface area contributed by atoms with Gasteiger partial charge in [-0.05, 0) is 45.4 Å². The van der Waals surface area contributed by atoms with E-state index >= 15 is 0 Å². The zero-order valence-corrected chi connectivity index (χ0v) is 13.7. The molecule has 0 aromatic heterocycles. The first-order valence-electron chi connectivity index (χ1n) is 6.41. The molecule has 0 bridgehead atoms. The van der Waals surface area contributed by atoms with E-state index in [4.69, 9.17) is 39.5 Å². The van der Waals surface area contributed by atoms with Crippen molar-refractivity contribution in [2.45, 2.75) is 39.3 Å². The van der Waals surface area contributed by atoms with E-state index < -0.39 is 0 Å². The van der Waals surface area contributed by atoms with Gasteiger partial charge in [-0.1, -0.05) is 40.9 Å². The molecule has 1 aromatic carbocycles. The molecule has 0 amide bonds. The first-order chi connectivity index (χ1) is 8.93. The van der Waals surface area contributed by atoms with Crippen molar-refractivity contribution in [3.63, 3.8) is 0 Å². The van der Waals surface area contributed by atoms with Gasteiger partial charge >= 0.3 is 0 Å². The minimum Gasteiger partial charge on any atom is -0.379 e. The van der Waals surface area contributed by atoms with Crippen molar-refractivity contribution in [3.05, 3.63) is 32.8 Å². The second-order valence-electron chi connectivity index (χ2n) is 4.71. The molecule has 2 nitrogen and oxygen atoms in total. The third kappa shape index (κ3) is 5.49. The molecule has 0 aliphatic carbocycles. The van der Waals surface area contributed by atoms with Crippen molar-refractivity contribution in [2.24, 2.45) is 0 Å². The molecule has 1 aromatic rings. The van der Waals surface area contributed by atoms with Gasteiger partial charge in [0.15, 0.2) is 0 Å². The van der Waals surface area contributed by atoms with Gasteiger partial charge in [0.2, 0.25) is 0 Å². The van der Waals surface area contributed by atoms with Gasteiger partial charge < -0.3 is 10.1 Å². The summed E-state index contributed by atoms with van der Waals surface area (Å²) in [5, 5.41) is 4.81. The highest BCUT2D eigenvalue weighted by molar-refractivity contribution is 6.48. The van der Waals surface area contributed by atoms with Crippen LogP contribution in [0.5, 0.6) is 0 Å². The van der Waals surface area contributed by atoms with Crippen LogP contribution in [0.3, 0.4) is 0 Å². The van der Waals surface area contributed by atoms with E-state index in [-0.39, 0.29) is 12.1 Å². The quantitative estimate of drug-likeness (QED) is 0.555. The Bertz CT molecular complexity index is 410. The molecule has 1 atom stereocenters. The second kappa shape index (κ2) is 8.33. The summed E-state index contributed by atoms with van der Waals surface area (Å²) >= 11 is 18.1. The SMILES string of the molecule is CC(C)OCCCNC(C)c1ccc(Cl)c(Cl)c1Cl. The minimum absolute atomic E-state index is 0.126. The lowest BCUT2D eigenvalue weighted by Crippen LogP contribution is -2.21. The molecule has 0 spiro atoms. The van der Waals surface area contributed by atoms with Crippen molar-refractivity contribution in [2.75, 3.05) is 13.2 Å². The summed E-state index contributed by atoms with van der Waals surface area (Å²) in [4.78, 5) is 0. The molecule has 19 heavy (non-hydrogen) atoms. The van der Waals surface area contributed by atoms with E-state index in [1.54, 1.807) is 6.07 Å². The van der Waals surface area contributed by atoms with Gasteiger partial charge in [0.25, 0.3) is 0 Å². The highest BCUT2D eigenvalue weighted by atomic mass is 35.5. The van der Waals surface area contributed by atoms with Crippen LogP contribution in [-0.4, -0.2) is 19.3 Å². The average molecular weight is 325 g/mol. The summed E-state index contributed by atoms with van der Waals surface area (Å²) in [6.45, 7) is 7.74. The zero-order valence-electron chi connectivity index (χ0n) is 11.5. The fraction of sp³-hybridized carbons (Fsp3) is 0.571. The number of benzene rings is 1. The van der Waals surface area contributed by atoms with E-state index in [2.05, 4.69) is 12.2 Å². The molecule has 0 aliphatic rings. The molecular weight excluding hydrogens is 305 g/mol. The van der Waals surface area contributed by atoms with Crippen LogP contribution >= 0.6 is 34.8 Å². The Morgan fingerprint density at radius 2 is 1.79 bits per heavy atom. The predicted octanol–water partition coefficient (Wildman–Crippen LogP) is 5.11. The Balaban J connectivity index is 2.46. The van der Waals surface area contributed by atoms with Gasteiger partial charge in [-0.3, -0.25) is 0 Å². The van der Waals surface area contributed by atoms with Crippen LogP contribution in [0.2, 0.25) is 15.1 Å². The summed E-state index contributed by atoms with van der Waals surface area (Å²) in [5.41, 5.74) is 0.959. The van der Waals surface area contributed by atoms with Crippen LogP contribution in [0.1, 0.15) is 38.8 Å². The average Bonchev–Trinajstić information content (AvgIpc) is 2.35. The van der Waals surface area contributed by atoms with Gasteiger partial charge in [0.05, 0.1) is 21.2 Å². The standard InChI is InChI=1S/C14H20Cl3NO/c1-9(2)19-8-4-7-18-10(3)11-5-6-12(15)14(17)13(11)16/h5-6,9-10,18H,4,7-8H2,1-3H3. The zero-order chi connectivity index (χ0) is 14.4. The number of hydrogen-bond acceptors (Lipinski definition) is 2. The minimum atomic E-state index is 0.126. The topological polar surface area (TPSA) is 21.3 Å². The third-order valence-corrected chi connectivity index (χ3v) is 4.06. The first-order valence-corrected chi connectivity index (χ1v) is 7.55. The number of ether oxygens (including phenoxy) is 1. The van der Waals surface area contributed by atoms with Gasteiger partial charge in [-0.2, -0.15) is 0 Å². The highest BCUT2D eigenvalue weighted by Gasteiger charge is 2.13. The van der Waals surface area contributed by atoms with Gasteiger partial charge in [0, 0.05) is 12.6 Å². The molecule has 5 heteroatoms. The van der Waals surface area contributed by atoms with Crippen molar-refractivity contribution >= 4 is 34.8 Å². The molecule has 1 N–H and O–H groups in total. The molecule has 0 aliphatic heterocycles. The summed E-state index contributed by atoms with van der Waals surface area (Å²) in [6.07, 6.45) is 1.24. The molecular formula is C14H20Cl3NO. The highest BCUT2D eigenvalue weighted by Crippen LogP contribution is 2.35. The predicted molar refractivity (Wildman–Crippen MR) is 83.6 cm³/mol. The van der Waals surface area contributed by atoms with Crippen LogP contribution in [0.15, 0.2) is 12.1 Å². The Morgan fingerprint density at radius 3 is 2.42 bits per heavy atom. The fourth-order valence-electron chi connectivity index (χ4n) is 1.69. The third-order valence-electron chi connectivity index (χ3n) is 2.75. The van der Waals surface area contributed by atoms with E-state index in [9.17, 15) is 0 Å². The van der Waals surface area contributed by atoms with Gasteiger partial charge in [0.1, 0.15) is 0 Å². The summed E-state index contributed by atoms with van der Waals surface area (Å²) < 4.78 is 5.48. The van der Waals surface area contributed by atoms with Crippen LogP contribution in [-0.2, 0) is 4.74 Å². The van der Waals surface area contributed by atoms with Gasteiger partial charge in [-0.15, -0.1) is 0 Å². The Labute approximate surface area is 130 Å². The monoisotopic (exact) mass is 323 g/mol. The summed E-state index contributed by atoms with van der Waals surface area (Å²) in [6, 6.07) is 3.80. The van der Waals surface area contributed by atoms with Crippen LogP contribution in [0.25, 0.3) is 0 Å². The lowest BCUT2D eigenvalue weighted by Gasteiger charge is -2.17. The Kier molecular flexibility index (Phi) is 7.48. The van der Waals surface area contributed by atoms with Crippen molar-refractivity contribution in [1.82, 2.24) is 5.32 Å². The second-order valence-corrected chi connectivity index (χ2v) is 5.88. The Hall–Kier alpha value is 0.01000. The summed E-state index contributed by atoms with van der Waals surface area (Å²) in [5.74, 6) is 0. The van der Waals surface area contributed by atoms with E-state index in [0.29, 0.717) is 15.1 Å². The Morgan fingerprint density at radius 1 is 1.11 bits per heavy atom. The first kappa shape index (κ1) is 17.1. The number of halogens is 3. The maximum atomic E-state index is 6.19. The molecule has 0 radical (unpaired) electrons. The van der Waals surface area contributed by atoms with Gasteiger partial charge in [-0.25, -0.2) is 0 Å². The van der Waals surface area contributed by atoms with E-state index in [1.165, 1.54) is 0 Å². The number of rotatable bonds is 7. The lowest BCUT2D eigenvalue weighted by molar-refractivity contribution is 0.0768. The van der Waals surface area contributed by atoms with Crippen LogP contribution in [0.4, 0.5) is 0 Å². The molecule has 1 unspecified atom stereocenters. The lowest BCUT2D eigenvalue weighted by atomic mass is 10.1. The molecule has 0 fully saturated rings. The molecule has 0 saturated carbocycles. The van der Waals surface area contributed by atoms with Crippen molar-refractivity contribution in [3.8, 4) is 0 Å². The van der Waals surface area contributed by atoms with E-state index in [1.807, 2.05) is 19.9 Å². The van der Waals surface area contributed by atoms with Crippen LogP contribution < -0.4 is 5.32 Å². The molecule has 0 heterocycles. The fourth-order valence-corrected chi connectivity index (χ4v) is 2.40. The van der Waals surface area contributed by atoms with Crippen molar-refractivity contribution in [1.29, 1.82) is 0 Å². The largest absolute Gasteiger partial charge is 0.379 e. The van der Waals surface area contributed by atoms with E-state index in [0.717, 1.165) is 25.1 Å². The molecule has 108 valence electrons. The maximum absolute atomic E-state index is 6.19. The van der Waals surface area contributed by atoms with Crippen molar-refractivity contribution < 1.29 is 4.74 Å². The van der Waals surface area contributed by atoms with Crippen LogP contribution in [0, 0.1) is 0 Å². The molecule has 0 saturated heterocycles. The number of nitrogens with one attached hydrogen (secondary N) is 1. The number of hydrogen-bond donors (Lipinski definition) is 1. The summed E-state index contributed by atoms with van der Waals surface area (Å²) in [7, 11) is 0. The smallest absolute Gasteiger partial charge is 0.0781 e.